The minimum absolute atomic E-state index is 0.0988. The van der Waals surface area contributed by atoms with Crippen LogP contribution in [-0.4, -0.2) is 32.4 Å². The van der Waals surface area contributed by atoms with E-state index in [9.17, 15) is 4.79 Å². The summed E-state index contributed by atoms with van der Waals surface area (Å²) in [5.74, 6) is -0.389. The van der Waals surface area contributed by atoms with E-state index in [1.54, 1.807) is 19.9 Å². The molecule has 0 saturated carbocycles. The van der Waals surface area contributed by atoms with Crippen molar-refractivity contribution in [1.29, 1.82) is 5.26 Å². The smallest absolute Gasteiger partial charge is 0.352 e. The molecule has 5 heteroatoms. The number of nitriles is 1. The summed E-state index contributed by atoms with van der Waals surface area (Å²) in [5, 5.41) is 8.78. The lowest BCUT2D eigenvalue weighted by Gasteiger charge is -2.07. The highest BCUT2D eigenvalue weighted by atomic mass is 16.6. The van der Waals surface area contributed by atoms with E-state index in [0.29, 0.717) is 19.8 Å². The molecule has 0 aromatic carbocycles. The fourth-order valence-corrected chi connectivity index (χ4v) is 0.967. The van der Waals surface area contributed by atoms with Gasteiger partial charge in [-0.15, -0.1) is 0 Å². The molecule has 5 nitrogen and oxygen atoms in total. The number of esters is 1. The van der Waals surface area contributed by atoms with E-state index in [1.807, 2.05) is 6.92 Å². The van der Waals surface area contributed by atoms with Gasteiger partial charge in [0.15, 0.2) is 5.57 Å². The number of carbonyl (C=O) groups is 1. The largest absolute Gasteiger partial charge is 0.497 e. The molecule has 0 heterocycles. The van der Waals surface area contributed by atoms with Gasteiger partial charge in [-0.1, -0.05) is 0 Å². The second kappa shape index (κ2) is 8.74. The molecule has 0 unspecified atom stereocenters. The standard InChI is InChI=1S/C11H17NO4/c1-4-14-6-7-16-11(13)10(8-12)9(3)15-5-2/h4-7H2,1-3H3/b10-9+. The third kappa shape index (κ3) is 5.37. The van der Waals surface area contributed by atoms with Crippen LogP contribution in [0.15, 0.2) is 11.3 Å². The maximum atomic E-state index is 11.4. The quantitative estimate of drug-likeness (QED) is 0.216. The molecule has 0 fully saturated rings. The van der Waals surface area contributed by atoms with Crippen LogP contribution in [0.1, 0.15) is 20.8 Å². The first-order valence-electron chi connectivity index (χ1n) is 5.15. The lowest BCUT2D eigenvalue weighted by molar-refractivity contribution is -0.140. The zero-order chi connectivity index (χ0) is 12.4. The Morgan fingerprint density at radius 3 is 2.38 bits per heavy atom. The highest BCUT2D eigenvalue weighted by molar-refractivity contribution is 5.93. The van der Waals surface area contributed by atoms with Crippen molar-refractivity contribution in [2.24, 2.45) is 0 Å². The second-order valence-corrected chi connectivity index (χ2v) is 2.81. The molecule has 0 rings (SSSR count). The minimum atomic E-state index is -0.673. The fraction of sp³-hybridized carbons (Fsp3) is 0.636. The summed E-state index contributed by atoms with van der Waals surface area (Å²) in [7, 11) is 0. The van der Waals surface area contributed by atoms with Crippen LogP contribution in [0, 0.1) is 11.3 Å². The van der Waals surface area contributed by atoms with Gasteiger partial charge in [-0.3, -0.25) is 0 Å². The molecule has 90 valence electrons. The van der Waals surface area contributed by atoms with Crippen molar-refractivity contribution in [2.45, 2.75) is 20.8 Å². The minimum Gasteiger partial charge on any atom is -0.497 e. The van der Waals surface area contributed by atoms with E-state index in [-0.39, 0.29) is 17.9 Å². The molecule has 16 heavy (non-hydrogen) atoms. The van der Waals surface area contributed by atoms with Gasteiger partial charge in [0.1, 0.15) is 18.4 Å². The number of nitrogens with zero attached hydrogens (tertiary/aromatic N) is 1. The Balaban J connectivity index is 4.23. The van der Waals surface area contributed by atoms with Gasteiger partial charge < -0.3 is 14.2 Å². The number of hydrogen-bond donors (Lipinski definition) is 0. The van der Waals surface area contributed by atoms with Crippen LogP contribution in [0.2, 0.25) is 0 Å². The summed E-state index contributed by atoms with van der Waals surface area (Å²) in [6, 6.07) is 1.77. The monoisotopic (exact) mass is 227 g/mol. The maximum Gasteiger partial charge on any atom is 0.352 e. The Morgan fingerprint density at radius 2 is 1.88 bits per heavy atom. The Morgan fingerprint density at radius 1 is 1.19 bits per heavy atom. The number of ether oxygens (including phenoxy) is 3. The van der Waals surface area contributed by atoms with Crippen LogP contribution in [0.5, 0.6) is 0 Å². The van der Waals surface area contributed by atoms with E-state index < -0.39 is 5.97 Å². The van der Waals surface area contributed by atoms with Gasteiger partial charge in [0.2, 0.25) is 0 Å². The Kier molecular flexibility index (Phi) is 7.90. The topological polar surface area (TPSA) is 68.5 Å². The highest BCUT2D eigenvalue weighted by Gasteiger charge is 2.15. The fourth-order valence-electron chi connectivity index (χ4n) is 0.967. The molecule has 0 aliphatic heterocycles. The average molecular weight is 227 g/mol. The van der Waals surface area contributed by atoms with Crippen LogP contribution < -0.4 is 0 Å². The van der Waals surface area contributed by atoms with Crippen LogP contribution in [0.4, 0.5) is 0 Å². The Bertz CT molecular complexity index is 291. The Hall–Kier alpha value is -1.54. The van der Waals surface area contributed by atoms with E-state index in [0.717, 1.165) is 0 Å². The number of rotatable bonds is 7. The molecule has 0 spiro atoms. The molecule has 0 aliphatic carbocycles. The van der Waals surface area contributed by atoms with Gasteiger partial charge in [-0.25, -0.2) is 4.79 Å². The number of hydrogen-bond acceptors (Lipinski definition) is 5. The predicted molar refractivity (Wildman–Crippen MR) is 57.4 cm³/mol. The van der Waals surface area contributed by atoms with Crippen molar-refractivity contribution in [3.8, 4) is 6.07 Å². The van der Waals surface area contributed by atoms with Crippen LogP contribution in [0.3, 0.4) is 0 Å². The average Bonchev–Trinajstić information content (AvgIpc) is 2.26. The van der Waals surface area contributed by atoms with Crippen LogP contribution in [-0.2, 0) is 19.0 Å². The van der Waals surface area contributed by atoms with Gasteiger partial charge >= 0.3 is 5.97 Å². The summed E-state index contributed by atoms with van der Waals surface area (Å²) >= 11 is 0. The summed E-state index contributed by atoms with van der Waals surface area (Å²) < 4.78 is 14.9. The van der Waals surface area contributed by atoms with Gasteiger partial charge in [0.25, 0.3) is 0 Å². The lowest BCUT2D eigenvalue weighted by Crippen LogP contribution is -2.13. The first-order valence-corrected chi connectivity index (χ1v) is 5.15. The zero-order valence-electron chi connectivity index (χ0n) is 9.91. The van der Waals surface area contributed by atoms with E-state index in [1.165, 1.54) is 0 Å². The van der Waals surface area contributed by atoms with Crippen molar-refractivity contribution in [1.82, 2.24) is 0 Å². The van der Waals surface area contributed by atoms with Gasteiger partial charge in [0, 0.05) is 6.61 Å². The maximum absolute atomic E-state index is 11.4. The second-order valence-electron chi connectivity index (χ2n) is 2.81. The van der Waals surface area contributed by atoms with E-state index >= 15 is 0 Å². The summed E-state index contributed by atoms with van der Waals surface area (Å²) in [4.78, 5) is 11.4. The van der Waals surface area contributed by atoms with Gasteiger partial charge in [-0.05, 0) is 20.8 Å². The normalized spacial score (nSPS) is 11.4. The molecule has 0 atom stereocenters. The van der Waals surface area contributed by atoms with E-state index in [2.05, 4.69) is 0 Å². The lowest BCUT2D eigenvalue weighted by atomic mass is 10.2. The number of carbonyl (C=O) groups excluding carboxylic acids is 1. The van der Waals surface area contributed by atoms with E-state index in [4.69, 9.17) is 19.5 Å². The van der Waals surface area contributed by atoms with Gasteiger partial charge in [0.05, 0.1) is 13.2 Å². The first kappa shape index (κ1) is 14.5. The molecule has 0 N–H and O–H groups in total. The zero-order valence-corrected chi connectivity index (χ0v) is 9.91. The molecule has 0 amide bonds. The molecule has 0 aliphatic rings. The molecular weight excluding hydrogens is 210 g/mol. The van der Waals surface area contributed by atoms with Crippen molar-refractivity contribution in [3.63, 3.8) is 0 Å². The summed E-state index contributed by atoms with van der Waals surface area (Å²) in [5.41, 5.74) is -0.0988. The molecular formula is C11H17NO4. The van der Waals surface area contributed by atoms with Crippen LogP contribution in [0.25, 0.3) is 0 Å². The summed E-state index contributed by atoms with van der Waals surface area (Å²) in [6.07, 6.45) is 0. The molecule has 0 aromatic heterocycles. The predicted octanol–water partition coefficient (Wildman–Crippen LogP) is 1.40. The molecule has 0 aromatic rings. The third-order valence-electron chi connectivity index (χ3n) is 1.69. The Labute approximate surface area is 95.6 Å². The van der Waals surface area contributed by atoms with Gasteiger partial charge in [-0.2, -0.15) is 5.26 Å². The van der Waals surface area contributed by atoms with Crippen molar-refractivity contribution < 1.29 is 19.0 Å². The van der Waals surface area contributed by atoms with Crippen molar-refractivity contribution >= 4 is 5.97 Å². The molecule has 0 saturated heterocycles. The summed E-state index contributed by atoms with van der Waals surface area (Å²) in [6.45, 7) is 6.62. The van der Waals surface area contributed by atoms with Crippen molar-refractivity contribution in [2.75, 3.05) is 26.4 Å². The number of allylic oxidation sites excluding steroid dienone is 1. The molecule has 0 bridgehead atoms. The van der Waals surface area contributed by atoms with Crippen molar-refractivity contribution in [3.05, 3.63) is 11.3 Å². The first-order chi connectivity index (χ1) is 7.67. The van der Waals surface area contributed by atoms with Crippen LogP contribution >= 0.6 is 0 Å². The SMILES string of the molecule is CCOCCOC(=O)/C(C#N)=C(\C)OCC. The highest BCUT2D eigenvalue weighted by Crippen LogP contribution is 2.06. The third-order valence-corrected chi connectivity index (χ3v) is 1.69. The molecule has 0 radical (unpaired) electrons.